The van der Waals surface area contributed by atoms with Crippen molar-refractivity contribution in [3.05, 3.63) is 84.4 Å². The van der Waals surface area contributed by atoms with E-state index in [0.29, 0.717) is 25.4 Å². The Kier molecular flexibility index (Phi) is 4.50. The molecule has 0 radical (unpaired) electrons. The summed E-state index contributed by atoms with van der Waals surface area (Å²) in [6.07, 6.45) is 3.26. The number of carbonyl (C=O) groups is 1. The molecule has 0 saturated carbocycles. The highest BCUT2D eigenvalue weighted by Crippen LogP contribution is 2.27. The number of ether oxygens (including phenoxy) is 1. The normalized spacial score (nSPS) is 16.8. The zero-order valence-electron chi connectivity index (χ0n) is 15.7. The molecule has 7 nitrogen and oxygen atoms in total. The van der Waals surface area contributed by atoms with Crippen LogP contribution in [0.2, 0.25) is 0 Å². The van der Waals surface area contributed by atoms with Gasteiger partial charge in [-0.1, -0.05) is 47.7 Å². The Balaban J connectivity index is 1.41. The van der Waals surface area contributed by atoms with Crippen LogP contribution in [0.1, 0.15) is 22.3 Å². The Morgan fingerprint density at radius 2 is 1.86 bits per heavy atom. The van der Waals surface area contributed by atoms with Gasteiger partial charge in [-0.25, -0.2) is 4.52 Å². The molecule has 0 N–H and O–H groups in total. The molecule has 144 valence electrons. The Morgan fingerprint density at radius 3 is 2.69 bits per heavy atom. The highest BCUT2D eigenvalue weighted by atomic mass is 16.5. The Morgan fingerprint density at radius 1 is 1.00 bits per heavy atom. The van der Waals surface area contributed by atoms with E-state index in [9.17, 15) is 4.79 Å². The molecule has 0 unspecified atom stereocenters. The first-order valence-electron chi connectivity index (χ1n) is 9.52. The first kappa shape index (κ1) is 17.5. The molecule has 0 aliphatic carbocycles. The fourth-order valence-electron chi connectivity index (χ4n) is 3.59. The molecule has 0 bridgehead atoms. The number of carbonyl (C=O) groups excluding carboxylic acids is 1. The third-order valence-corrected chi connectivity index (χ3v) is 5.09. The highest BCUT2D eigenvalue weighted by molar-refractivity contribution is 5.92. The van der Waals surface area contributed by atoms with Crippen molar-refractivity contribution in [2.75, 3.05) is 19.7 Å². The van der Waals surface area contributed by atoms with E-state index in [2.05, 4.69) is 33.5 Å². The quantitative estimate of drug-likeness (QED) is 0.542. The maximum atomic E-state index is 12.7. The van der Waals surface area contributed by atoms with Crippen LogP contribution in [0.25, 0.3) is 16.6 Å². The van der Waals surface area contributed by atoms with Crippen molar-refractivity contribution in [1.82, 2.24) is 24.7 Å². The van der Waals surface area contributed by atoms with Gasteiger partial charge in [0.25, 0.3) is 5.91 Å². The van der Waals surface area contributed by atoms with Crippen molar-refractivity contribution in [2.24, 2.45) is 0 Å². The Hall–Kier alpha value is -3.58. The molecule has 4 aromatic rings. The van der Waals surface area contributed by atoms with Gasteiger partial charge in [-0.15, -0.1) is 5.10 Å². The standard InChI is InChI=1S/C22H19N5O2/c28-22(18-8-4-5-11-23-18)26-12-13-29-20(15-26)21-19-10-9-17(14-27(19)25-24-21)16-6-2-1-3-7-16/h1-11,14,20H,12-13,15H2/t20-/m0/s1. The van der Waals surface area contributed by atoms with Crippen LogP contribution in [0.5, 0.6) is 0 Å². The molecular formula is C22H19N5O2. The van der Waals surface area contributed by atoms with Gasteiger partial charge in [-0.3, -0.25) is 9.78 Å². The van der Waals surface area contributed by atoms with E-state index in [0.717, 1.165) is 22.3 Å². The summed E-state index contributed by atoms with van der Waals surface area (Å²) >= 11 is 0. The fourth-order valence-corrected chi connectivity index (χ4v) is 3.59. The summed E-state index contributed by atoms with van der Waals surface area (Å²) < 4.78 is 7.70. The predicted molar refractivity (Wildman–Crippen MR) is 107 cm³/mol. The van der Waals surface area contributed by atoms with Crippen LogP contribution in [0.15, 0.2) is 73.1 Å². The first-order chi connectivity index (χ1) is 14.3. The minimum absolute atomic E-state index is 0.0956. The molecule has 7 heteroatoms. The third-order valence-electron chi connectivity index (χ3n) is 5.09. The van der Waals surface area contributed by atoms with E-state index in [4.69, 9.17) is 4.74 Å². The summed E-state index contributed by atoms with van der Waals surface area (Å²) in [4.78, 5) is 18.7. The van der Waals surface area contributed by atoms with E-state index >= 15 is 0 Å². The fraction of sp³-hybridized carbons (Fsp3) is 0.182. The second-order valence-corrected chi connectivity index (χ2v) is 6.91. The van der Waals surface area contributed by atoms with Gasteiger partial charge in [-0.2, -0.15) is 0 Å². The molecule has 4 heterocycles. The summed E-state index contributed by atoms with van der Waals surface area (Å²) in [6.45, 7) is 1.40. The lowest BCUT2D eigenvalue weighted by molar-refractivity contribution is -0.0243. The van der Waals surface area contributed by atoms with Gasteiger partial charge in [0, 0.05) is 24.5 Å². The average molecular weight is 385 g/mol. The molecule has 1 aromatic carbocycles. The van der Waals surface area contributed by atoms with E-state index < -0.39 is 0 Å². The summed E-state index contributed by atoms with van der Waals surface area (Å²) in [5.41, 5.74) is 4.23. The lowest BCUT2D eigenvalue weighted by atomic mass is 10.1. The topological polar surface area (TPSA) is 72.6 Å². The van der Waals surface area contributed by atoms with Crippen LogP contribution in [0.3, 0.4) is 0 Å². The molecule has 1 aliphatic heterocycles. The van der Waals surface area contributed by atoms with Gasteiger partial charge in [-0.05, 0) is 23.8 Å². The second kappa shape index (κ2) is 7.44. The molecule has 1 fully saturated rings. The van der Waals surface area contributed by atoms with Gasteiger partial charge < -0.3 is 9.64 Å². The van der Waals surface area contributed by atoms with Crippen molar-refractivity contribution in [1.29, 1.82) is 0 Å². The zero-order chi connectivity index (χ0) is 19.6. The number of aromatic nitrogens is 4. The average Bonchev–Trinajstić information content (AvgIpc) is 3.23. The van der Waals surface area contributed by atoms with E-state index in [1.165, 1.54) is 0 Å². The number of nitrogens with zero attached hydrogens (tertiary/aromatic N) is 5. The molecule has 29 heavy (non-hydrogen) atoms. The number of amides is 1. The smallest absolute Gasteiger partial charge is 0.272 e. The maximum absolute atomic E-state index is 12.7. The Labute approximate surface area is 167 Å². The van der Waals surface area contributed by atoms with Crippen LogP contribution in [0.4, 0.5) is 0 Å². The molecule has 1 aliphatic rings. The van der Waals surface area contributed by atoms with Crippen LogP contribution >= 0.6 is 0 Å². The van der Waals surface area contributed by atoms with Crippen LogP contribution in [-0.2, 0) is 4.74 Å². The zero-order valence-corrected chi connectivity index (χ0v) is 15.7. The van der Waals surface area contributed by atoms with Gasteiger partial charge in [0.2, 0.25) is 0 Å². The number of hydrogen-bond donors (Lipinski definition) is 0. The Bertz CT molecular complexity index is 1140. The van der Waals surface area contributed by atoms with Gasteiger partial charge in [0.05, 0.1) is 18.7 Å². The number of hydrogen-bond acceptors (Lipinski definition) is 5. The largest absolute Gasteiger partial charge is 0.368 e. The molecular weight excluding hydrogens is 366 g/mol. The maximum Gasteiger partial charge on any atom is 0.272 e. The number of benzene rings is 1. The van der Waals surface area contributed by atoms with E-state index in [1.807, 2.05) is 36.5 Å². The van der Waals surface area contributed by atoms with E-state index in [-0.39, 0.29) is 12.0 Å². The predicted octanol–water partition coefficient (Wildman–Crippen LogP) is 3.01. The summed E-state index contributed by atoms with van der Waals surface area (Å²) in [6, 6.07) is 19.5. The number of rotatable bonds is 3. The van der Waals surface area contributed by atoms with Crippen molar-refractivity contribution >= 4 is 11.4 Å². The molecule has 5 rings (SSSR count). The SMILES string of the molecule is O=C(c1ccccn1)N1CCO[C@H](c2nnn3cc(-c4ccccc4)ccc23)C1. The molecule has 3 aromatic heterocycles. The molecule has 1 atom stereocenters. The third kappa shape index (κ3) is 3.36. The summed E-state index contributed by atoms with van der Waals surface area (Å²) in [7, 11) is 0. The van der Waals surface area contributed by atoms with Crippen LogP contribution in [-0.4, -0.2) is 50.3 Å². The van der Waals surface area contributed by atoms with Crippen molar-refractivity contribution in [3.63, 3.8) is 0 Å². The van der Waals surface area contributed by atoms with Crippen molar-refractivity contribution in [2.45, 2.75) is 6.10 Å². The van der Waals surface area contributed by atoms with Crippen LogP contribution in [0, 0.1) is 0 Å². The van der Waals surface area contributed by atoms with Crippen molar-refractivity contribution < 1.29 is 9.53 Å². The molecule has 0 spiro atoms. The molecule has 1 saturated heterocycles. The molecule has 1 amide bonds. The minimum atomic E-state index is -0.323. The number of morpholine rings is 1. The first-order valence-corrected chi connectivity index (χ1v) is 9.52. The van der Waals surface area contributed by atoms with E-state index in [1.54, 1.807) is 27.7 Å². The number of pyridine rings is 2. The summed E-state index contributed by atoms with van der Waals surface area (Å²) in [5, 5.41) is 8.63. The van der Waals surface area contributed by atoms with Gasteiger partial charge >= 0.3 is 0 Å². The minimum Gasteiger partial charge on any atom is -0.368 e. The van der Waals surface area contributed by atoms with Crippen molar-refractivity contribution in [3.8, 4) is 11.1 Å². The monoisotopic (exact) mass is 385 g/mol. The lowest BCUT2D eigenvalue weighted by Gasteiger charge is -2.31. The number of fused-ring (bicyclic) bond motifs is 1. The summed E-state index contributed by atoms with van der Waals surface area (Å²) in [5.74, 6) is -0.0956. The van der Waals surface area contributed by atoms with Crippen LogP contribution < -0.4 is 0 Å². The second-order valence-electron chi connectivity index (χ2n) is 6.91. The lowest BCUT2D eigenvalue weighted by Crippen LogP contribution is -2.42. The highest BCUT2D eigenvalue weighted by Gasteiger charge is 2.29. The van der Waals surface area contributed by atoms with Gasteiger partial charge in [0.1, 0.15) is 17.5 Å². The van der Waals surface area contributed by atoms with Gasteiger partial charge in [0.15, 0.2) is 0 Å².